The number of aromatic hydroxyl groups is 1. The first-order valence-corrected chi connectivity index (χ1v) is 10.7. The summed E-state index contributed by atoms with van der Waals surface area (Å²) in [5.74, 6) is 0.276. The Bertz CT molecular complexity index is 1280. The van der Waals surface area contributed by atoms with Gasteiger partial charge in [-0.3, -0.25) is 4.84 Å². The number of nitrogens with zero attached hydrogens (tertiary/aromatic N) is 1. The highest BCUT2D eigenvalue weighted by Gasteiger charge is 2.38. The van der Waals surface area contributed by atoms with E-state index in [1.54, 1.807) is 37.4 Å². The van der Waals surface area contributed by atoms with E-state index in [1.807, 2.05) is 17.2 Å². The molecule has 3 aromatic rings. The lowest BCUT2D eigenvalue weighted by atomic mass is 9.80. The maximum Gasteiger partial charge on any atom is 0.150 e. The molecular weight excluding hydrogens is 429 g/mol. The number of phenolic OH excluding ortho intramolecular Hbond substituents is 1. The van der Waals surface area contributed by atoms with Gasteiger partial charge in [0.15, 0.2) is 6.10 Å². The molecule has 0 saturated heterocycles. The summed E-state index contributed by atoms with van der Waals surface area (Å²) in [6, 6.07) is 13.8. The Morgan fingerprint density at radius 1 is 1.09 bits per heavy atom. The Labute approximate surface area is 191 Å². The van der Waals surface area contributed by atoms with Gasteiger partial charge < -0.3 is 9.84 Å². The summed E-state index contributed by atoms with van der Waals surface area (Å²) in [4.78, 5) is 5.77. The monoisotopic (exact) mass is 451 g/mol. The molecule has 0 bridgehead atoms. The lowest BCUT2D eigenvalue weighted by molar-refractivity contribution is 0.123. The molecule has 0 radical (unpaired) electrons. The molecule has 1 atom stereocenters. The normalized spacial score (nSPS) is 18.2. The summed E-state index contributed by atoms with van der Waals surface area (Å²) >= 11 is 5.95. The predicted octanol–water partition coefficient (Wildman–Crippen LogP) is 6.90. The highest BCUT2D eigenvalue weighted by atomic mass is 35.5. The van der Waals surface area contributed by atoms with E-state index < -0.39 is 11.9 Å². The number of hydroxylamine groups is 1. The van der Waals surface area contributed by atoms with Gasteiger partial charge in [0.1, 0.15) is 17.3 Å². The van der Waals surface area contributed by atoms with Crippen molar-refractivity contribution in [2.75, 3.05) is 12.2 Å². The third-order valence-electron chi connectivity index (χ3n) is 6.12. The van der Waals surface area contributed by atoms with Gasteiger partial charge in [-0.2, -0.15) is 0 Å². The number of ether oxygens (including phenoxy) is 1. The smallest absolute Gasteiger partial charge is 0.150 e. The molecule has 2 heterocycles. The number of allylic oxidation sites excluding steroid dienone is 1. The predicted molar refractivity (Wildman–Crippen MR) is 125 cm³/mol. The Morgan fingerprint density at radius 3 is 2.59 bits per heavy atom. The summed E-state index contributed by atoms with van der Waals surface area (Å²) in [7, 11) is 1.65. The number of phenols is 1. The molecule has 4 nitrogen and oxygen atoms in total. The number of halogens is 2. The van der Waals surface area contributed by atoms with E-state index in [9.17, 15) is 9.50 Å². The summed E-state index contributed by atoms with van der Waals surface area (Å²) in [5, 5.41) is 12.1. The van der Waals surface area contributed by atoms with Crippen LogP contribution in [-0.2, 0) is 4.84 Å². The maximum absolute atomic E-state index is 14.4. The number of hydrogen-bond acceptors (Lipinski definition) is 4. The van der Waals surface area contributed by atoms with Crippen molar-refractivity contribution >= 4 is 22.9 Å². The molecule has 0 fully saturated rings. The van der Waals surface area contributed by atoms with Gasteiger partial charge in [-0.15, -0.1) is 0 Å². The first-order chi connectivity index (χ1) is 15.2. The molecule has 5 rings (SSSR count). The van der Waals surface area contributed by atoms with Crippen LogP contribution < -0.4 is 9.80 Å². The molecule has 0 aromatic heterocycles. The van der Waals surface area contributed by atoms with Gasteiger partial charge in [-0.05, 0) is 73.9 Å². The second kappa shape index (κ2) is 7.26. The highest BCUT2D eigenvalue weighted by molar-refractivity contribution is 6.30. The van der Waals surface area contributed by atoms with Crippen LogP contribution in [0.25, 0.3) is 16.7 Å². The zero-order valence-electron chi connectivity index (χ0n) is 18.2. The zero-order valence-corrected chi connectivity index (χ0v) is 19.0. The second-order valence-electron chi connectivity index (χ2n) is 8.73. The van der Waals surface area contributed by atoms with Crippen LogP contribution in [0.4, 0.5) is 10.1 Å². The van der Waals surface area contributed by atoms with Crippen LogP contribution in [0.2, 0.25) is 5.02 Å². The van der Waals surface area contributed by atoms with Crippen molar-refractivity contribution in [1.82, 2.24) is 0 Å². The first-order valence-electron chi connectivity index (χ1n) is 10.4. The van der Waals surface area contributed by atoms with E-state index in [0.717, 1.165) is 33.5 Å². The molecule has 164 valence electrons. The number of benzene rings is 3. The Balaban J connectivity index is 1.84. The minimum absolute atomic E-state index is 0.0635. The number of hydrogen-bond donors (Lipinski definition) is 1. The van der Waals surface area contributed by atoms with Crippen LogP contribution in [0.1, 0.15) is 43.6 Å². The number of anilines is 1. The van der Waals surface area contributed by atoms with Gasteiger partial charge in [0.05, 0.1) is 23.4 Å². The number of fused-ring (bicyclic) bond motifs is 5. The van der Waals surface area contributed by atoms with Crippen LogP contribution in [0, 0.1) is 5.82 Å². The molecule has 0 aliphatic carbocycles. The Hall–Kier alpha value is -3.02. The van der Waals surface area contributed by atoms with E-state index in [0.29, 0.717) is 11.3 Å². The van der Waals surface area contributed by atoms with E-state index in [-0.39, 0.29) is 16.3 Å². The summed E-state index contributed by atoms with van der Waals surface area (Å²) in [6.45, 7) is 6.22. The van der Waals surface area contributed by atoms with Gasteiger partial charge in [-0.1, -0.05) is 29.8 Å². The van der Waals surface area contributed by atoms with E-state index in [1.165, 1.54) is 6.07 Å². The lowest BCUT2D eigenvalue weighted by Gasteiger charge is -2.43. The van der Waals surface area contributed by atoms with Gasteiger partial charge in [-0.25, -0.2) is 9.45 Å². The molecule has 0 spiro atoms. The fourth-order valence-electron chi connectivity index (χ4n) is 4.93. The SMILES string of the molecule is CON1c2ccc3c(c2C(C)=CC1(C)C)C(c1ccc(Cl)c(F)c1)Oc1ccc(O)cc1-3. The molecule has 1 N–H and O–H groups in total. The van der Waals surface area contributed by atoms with Crippen LogP contribution in [0.3, 0.4) is 0 Å². The third kappa shape index (κ3) is 3.07. The Morgan fingerprint density at radius 2 is 1.88 bits per heavy atom. The maximum atomic E-state index is 14.4. The van der Waals surface area contributed by atoms with E-state index in [2.05, 4.69) is 26.8 Å². The molecule has 3 aromatic carbocycles. The van der Waals surface area contributed by atoms with Crippen LogP contribution in [0.15, 0.2) is 54.6 Å². The minimum atomic E-state index is -0.563. The molecule has 0 saturated carbocycles. The van der Waals surface area contributed by atoms with Crippen molar-refractivity contribution in [3.63, 3.8) is 0 Å². The van der Waals surface area contributed by atoms with Crippen LogP contribution in [-0.4, -0.2) is 17.8 Å². The fourth-order valence-corrected chi connectivity index (χ4v) is 5.05. The number of rotatable bonds is 2. The molecule has 0 amide bonds. The van der Waals surface area contributed by atoms with Crippen molar-refractivity contribution in [2.45, 2.75) is 32.4 Å². The highest BCUT2D eigenvalue weighted by Crippen LogP contribution is 2.52. The van der Waals surface area contributed by atoms with Gasteiger partial charge in [0, 0.05) is 16.7 Å². The summed E-state index contributed by atoms with van der Waals surface area (Å²) in [5.41, 5.74) is 5.85. The molecule has 6 heteroatoms. The average Bonchev–Trinajstić information content (AvgIpc) is 2.74. The first kappa shape index (κ1) is 20.9. The Kier molecular flexibility index (Phi) is 4.73. The summed E-state index contributed by atoms with van der Waals surface area (Å²) < 4.78 is 20.9. The minimum Gasteiger partial charge on any atom is -0.508 e. The lowest BCUT2D eigenvalue weighted by Crippen LogP contribution is -2.44. The van der Waals surface area contributed by atoms with Crippen molar-refractivity contribution in [3.05, 3.63) is 82.1 Å². The van der Waals surface area contributed by atoms with Gasteiger partial charge in [0.2, 0.25) is 0 Å². The van der Waals surface area contributed by atoms with Crippen molar-refractivity contribution in [2.24, 2.45) is 0 Å². The second-order valence-corrected chi connectivity index (χ2v) is 9.14. The van der Waals surface area contributed by atoms with Crippen LogP contribution in [0.5, 0.6) is 11.5 Å². The van der Waals surface area contributed by atoms with E-state index >= 15 is 0 Å². The van der Waals surface area contributed by atoms with Crippen molar-refractivity contribution < 1.29 is 19.1 Å². The van der Waals surface area contributed by atoms with E-state index in [4.69, 9.17) is 21.2 Å². The van der Waals surface area contributed by atoms with Gasteiger partial charge in [0.25, 0.3) is 0 Å². The molecule has 32 heavy (non-hydrogen) atoms. The fraction of sp³-hybridized carbons (Fsp3) is 0.231. The quantitative estimate of drug-likeness (QED) is 0.460. The molecule has 1 unspecified atom stereocenters. The molecule has 2 aliphatic rings. The standard InChI is InChI=1S/C26H23ClFNO3/c1-14-13-26(2,3)29(31-4)21-9-7-17-18-12-16(30)6-10-22(18)32-25(24(17)23(14)21)15-5-8-19(27)20(28)11-15/h5-13,25,30H,1-4H3. The van der Waals surface area contributed by atoms with Gasteiger partial charge >= 0.3 is 0 Å². The zero-order chi connectivity index (χ0) is 22.8. The van der Waals surface area contributed by atoms with Crippen molar-refractivity contribution in [3.8, 4) is 22.6 Å². The van der Waals surface area contributed by atoms with Crippen LogP contribution >= 0.6 is 11.6 Å². The summed E-state index contributed by atoms with van der Waals surface area (Å²) in [6.07, 6.45) is 1.59. The topological polar surface area (TPSA) is 41.9 Å². The third-order valence-corrected chi connectivity index (χ3v) is 6.43. The largest absolute Gasteiger partial charge is 0.508 e. The molecule has 2 aliphatic heterocycles. The van der Waals surface area contributed by atoms with Crippen molar-refractivity contribution in [1.29, 1.82) is 0 Å². The molecular formula is C26H23ClFNO3. The average molecular weight is 452 g/mol.